The summed E-state index contributed by atoms with van der Waals surface area (Å²) in [6.07, 6.45) is 0. The zero-order chi connectivity index (χ0) is 21.9. The number of amides is 1. The molecule has 1 aliphatic heterocycles. The van der Waals surface area contributed by atoms with Gasteiger partial charge in [-0.1, -0.05) is 29.8 Å². The Kier molecular flexibility index (Phi) is 4.41. The van der Waals surface area contributed by atoms with Gasteiger partial charge < -0.3 is 4.42 Å². The fourth-order valence-electron chi connectivity index (χ4n) is 3.90. The van der Waals surface area contributed by atoms with Crippen molar-refractivity contribution in [2.75, 3.05) is 4.90 Å². The molecule has 0 N–H and O–H groups in total. The van der Waals surface area contributed by atoms with Crippen LogP contribution in [0.2, 0.25) is 5.02 Å². The summed E-state index contributed by atoms with van der Waals surface area (Å²) in [5.41, 5.74) is 1.46. The summed E-state index contributed by atoms with van der Waals surface area (Å²) in [6, 6.07) is 13.3. The summed E-state index contributed by atoms with van der Waals surface area (Å²) in [7, 11) is 0. The molecule has 1 aromatic heterocycles. The van der Waals surface area contributed by atoms with Crippen molar-refractivity contribution < 1.29 is 18.0 Å². The molecule has 1 aliphatic rings. The van der Waals surface area contributed by atoms with Crippen molar-refractivity contribution in [1.82, 2.24) is 0 Å². The van der Waals surface area contributed by atoms with E-state index in [2.05, 4.69) is 0 Å². The highest BCUT2D eigenvalue weighted by atomic mass is 35.5. The molecule has 5 rings (SSSR count). The molecule has 0 radical (unpaired) electrons. The number of benzene rings is 3. The Balaban J connectivity index is 1.82. The molecule has 1 atom stereocenters. The second-order valence-corrected chi connectivity index (χ2v) is 7.78. The number of fused-ring (bicyclic) bond motifs is 2. The third-order valence-corrected chi connectivity index (χ3v) is 5.86. The van der Waals surface area contributed by atoms with Crippen LogP contribution in [0, 0.1) is 18.6 Å². The van der Waals surface area contributed by atoms with Gasteiger partial charge in [-0.3, -0.25) is 14.5 Å². The lowest BCUT2D eigenvalue weighted by Crippen LogP contribution is -2.29. The minimum Gasteiger partial charge on any atom is -0.450 e. The van der Waals surface area contributed by atoms with Crippen molar-refractivity contribution in [1.29, 1.82) is 0 Å². The van der Waals surface area contributed by atoms with Gasteiger partial charge >= 0.3 is 0 Å². The van der Waals surface area contributed by atoms with Crippen LogP contribution in [0.3, 0.4) is 0 Å². The van der Waals surface area contributed by atoms with Crippen molar-refractivity contribution >= 4 is 34.2 Å². The van der Waals surface area contributed by atoms with Crippen LogP contribution in [0.1, 0.15) is 33.3 Å². The van der Waals surface area contributed by atoms with E-state index in [1.807, 2.05) is 6.92 Å². The fraction of sp³-hybridized carbons (Fsp3) is 0.0833. The molecule has 4 nitrogen and oxygen atoms in total. The average molecular weight is 438 g/mol. The number of rotatable bonds is 2. The van der Waals surface area contributed by atoms with Crippen molar-refractivity contribution in [3.8, 4) is 0 Å². The highest BCUT2D eigenvalue weighted by Crippen LogP contribution is 2.42. The van der Waals surface area contributed by atoms with Crippen LogP contribution in [-0.4, -0.2) is 5.91 Å². The van der Waals surface area contributed by atoms with E-state index in [0.717, 1.165) is 17.7 Å². The van der Waals surface area contributed by atoms with Crippen molar-refractivity contribution in [3.05, 3.63) is 110 Å². The Morgan fingerprint density at radius 3 is 2.35 bits per heavy atom. The third-order valence-electron chi connectivity index (χ3n) is 5.45. The number of carbonyl (C=O) groups is 1. The number of aryl methyl sites for hydroxylation is 1. The molecule has 31 heavy (non-hydrogen) atoms. The van der Waals surface area contributed by atoms with E-state index in [-0.39, 0.29) is 22.3 Å². The van der Waals surface area contributed by atoms with Gasteiger partial charge in [-0.2, -0.15) is 0 Å². The smallest absolute Gasteiger partial charge is 0.295 e. The molecule has 0 bridgehead atoms. The maximum absolute atomic E-state index is 13.8. The molecular weight excluding hydrogens is 424 g/mol. The predicted octanol–water partition coefficient (Wildman–Crippen LogP) is 5.78. The van der Waals surface area contributed by atoms with E-state index in [0.29, 0.717) is 16.3 Å². The zero-order valence-electron chi connectivity index (χ0n) is 16.2. The second-order valence-electron chi connectivity index (χ2n) is 7.38. The molecule has 1 unspecified atom stereocenters. The summed E-state index contributed by atoms with van der Waals surface area (Å²) in [6.45, 7) is 1.83. The Morgan fingerprint density at radius 1 is 0.935 bits per heavy atom. The third kappa shape index (κ3) is 3.02. The van der Waals surface area contributed by atoms with Crippen molar-refractivity contribution in [2.45, 2.75) is 13.0 Å². The molecule has 0 spiro atoms. The standard InChI is InChI=1S/C24H14ClF2NO3/c1-12-2-8-16(11-18(12)25)28-21(13-3-5-14(26)6-4-13)20-22(29)17-10-15(27)7-9-19(17)31-23(20)24(28)30/h2-11,21H,1H3. The summed E-state index contributed by atoms with van der Waals surface area (Å²) in [4.78, 5) is 28.2. The highest BCUT2D eigenvalue weighted by Gasteiger charge is 2.43. The van der Waals surface area contributed by atoms with E-state index in [4.69, 9.17) is 16.0 Å². The summed E-state index contributed by atoms with van der Waals surface area (Å²) in [5.74, 6) is -1.71. The van der Waals surface area contributed by atoms with Gasteiger partial charge in [-0.05, 0) is 60.5 Å². The van der Waals surface area contributed by atoms with Crippen LogP contribution in [0.4, 0.5) is 14.5 Å². The summed E-state index contributed by atoms with van der Waals surface area (Å²) >= 11 is 6.29. The van der Waals surface area contributed by atoms with Crippen LogP contribution in [0.15, 0.2) is 69.9 Å². The van der Waals surface area contributed by atoms with Gasteiger partial charge in [0, 0.05) is 10.7 Å². The topological polar surface area (TPSA) is 50.5 Å². The van der Waals surface area contributed by atoms with Crippen LogP contribution in [-0.2, 0) is 0 Å². The molecule has 3 aromatic carbocycles. The van der Waals surface area contributed by atoms with Crippen LogP contribution in [0.25, 0.3) is 11.0 Å². The summed E-state index contributed by atoms with van der Waals surface area (Å²) < 4.78 is 33.2. The minimum atomic E-state index is -0.884. The number of nitrogens with zero attached hydrogens (tertiary/aromatic N) is 1. The first-order valence-electron chi connectivity index (χ1n) is 9.46. The van der Waals surface area contributed by atoms with Gasteiger partial charge in [0.1, 0.15) is 17.2 Å². The lowest BCUT2D eigenvalue weighted by molar-refractivity contribution is 0.0971. The Labute approximate surface area is 180 Å². The van der Waals surface area contributed by atoms with Gasteiger partial charge in [-0.15, -0.1) is 0 Å². The van der Waals surface area contributed by atoms with Crippen molar-refractivity contribution in [3.63, 3.8) is 0 Å². The number of carbonyl (C=O) groups excluding carboxylic acids is 1. The zero-order valence-corrected chi connectivity index (χ0v) is 16.9. The predicted molar refractivity (Wildman–Crippen MR) is 114 cm³/mol. The van der Waals surface area contributed by atoms with E-state index < -0.39 is 29.0 Å². The van der Waals surface area contributed by atoms with E-state index in [1.54, 1.807) is 18.2 Å². The maximum atomic E-state index is 13.8. The molecule has 154 valence electrons. The monoisotopic (exact) mass is 437 g/mol. The summed E-state index contributed by atoms with van der Waals surface area (Å²) in [5, 5.41) is 0.480. The average Bonchev–Trinajstić information content (AvgIpc) is 3.04. The fourth-order valence-corrected chi connectivity index (χ4v) is 4.08. The van der Waals surface area contributed by atoms with Gasteiger partial charge in [0.25, 0.3) is 5.91 Å². The second kappa shape index (κ2) is 7.03. The van der Waals surface area contributed by atoms with E-state index in [1.165, 1.54) is 35.2 Å². The Hall–Kier alpha value is -3.51. The first-order valence-corrected chi connectivity index (χ1v) is 9.84. The molecule has 0 aliphatic carbocycles. The number of anilines is 1. The van der Waals surface area contributed by atoms with Crippen molar-refractivity contribution in [2.24, 2.45) is 0 Å². The lowest BCUT2D eigenvalue weighted by atomic mass is 9.98. The maximum Gasteiger partial charge on any atom is 0.295 e. The molecule has 0 saturated heterocycles. The minimum absolute atomic E-state index is 0.0300. The normalized spacial score (nSPS) is 15.5. The lowest BCUT2D eigenvalue weighted by Gasteiger charge is -2.25. The van der Waals surface area contributed by atoms with Gasteiger partial charge in [0.05, 0.1) is 17.0 Å². The molecule has 4 aromatic rings. The van der Waals surface area contributed by atoms with Crippen LogP contribution < -0.4 is 10.3 Å². The molecule has 7 heteroatoms. The largest absolute Gasteiger partial charge is 0.450 e. The number of hydrogen-bond donors (Lipinski definition) is 0. The Morgan fingerprint density at radius 2 is 1.65 bits per heavy atom. The SMILES string of the molecule is Cc1ccc(N2C(=O)c3oc4ccc(F)cc4c(=O)c3C2c2ccc(F)cc2)cc1Cl. The molecule has 1 amide bonds. The van der Waals surface area contributed by atoms with Crippen LogP contribution in [0.5, 0.6) is 0 Å². The Bertz CT molecular complexity index is 1430. The van der Waals surface area contributed by atoms with Gasteiger partial charge in [0.15, 0.2) is 5.43 Å². The number of halogens is 3. The quantitative estimate of drug-likeness (QED) is 0.399. The van der Waals surface area contributed by atoms with Gasteiger partial charge in [0.2, 0.25) is 5.76 Å². The molecule has 0 fully saturated rings. The highest BCUT2D eigenvalue weighted by molar-refractivity contribution is 6.31. The van der Waals surface area contributed by atoms with E-state index >= 15 is 0 Å². The van der Waals surface area contributed by atoms with E-state index in [9.17, 15) is 18.4 Å². The van der Waals surface area contributed by atoms with Crippen LogP contribution >= 0.6 is 11.6 Å². The first kappa shape index (κ1) is 19.5. The molecular formula is C24H14ClF2NO3. The molecule has 2 heterocycles. The molecule has 0 saturated carbocycles. The van der Waals surface area contributed by atoms with Gasteiger partial charge in [-0.25, -0.2) is 8.78 Å². The number of hydrogen-bond acceptors (Lipinski definition) is 3. The first-order chi connectivity index (χ1) is 14.8.